The number of hydrogen-bond acceptors (Lipinski definition) is 5. The highest BCUT2D eigenvalue weighted by atomic mass is 16.6. The minimum absolute atomic E-state index is 0.0640. The molecule has 6 nitrogen and oxygen atoms in total. The molecule has 21 heavy (non-hydrogen) atoms. The van der Waals surface area contributed by atoms with Gasteiger partial charge in [0.25, 0.3) is 5.69 Å². The van der Waals surface area contributed by atoms with E-state index in [1.54, 1.807) is 25.5 Å². The SMILES string of the molecule is COc1ccccc1CN/N=C/c1ccc([N+](=O)[O-])cc1. The predicted octanol–water partition coefficient (Wildman–Crippen LogP) is 2.73. The summed E-state index contributed by atoms with van der Waals surface area (Å²) in [6.07, 6.45) is 1.61. The van der Waals surface area contributed by atoms with Crippen molar-refractivity contribution in [2.75, 3.05) is 7.11 Å². The van der Waals surface area contributed by atoms with Crippen molar-refractivity contribution in [1.82, 2.24) is 5.43 Å². The zero-order valence-electron chi connectivity index (χ0n) is 11.5. The maximum Gasteiger partial charge on any atom is 0.269 e. The summed E-state index contributed by atoms with van der Waals surface area (Å²) < 4.78 is 5.24. The van der Waals surface area contributed by atoms with E-state index >= 15 is 0 Å². The zero-order chi connectivity index (χ0) is 15.1. The Morgan fingerprint density at radius 3 is 2.62 bits per heavy atom. The van der Waals surface area contributed by atoms with Gasteiger partial charge in [-0.05, 0) is 23.8 Å². The third-order valence-electron chi connectivity index (χ3n) is 2.87. The maximum atomic E-state index is 10.5. The largest absolute Gasteiger partial charge is 0.496 e. The van der Waals surface area contributed by atoms with Crippen molar-refractivity contribution in [3.8, 4) is 5.75 Å². The fourth-order valence-electron chi connectivity index (χ4n) is 1.78. The molecule has 0 unspecified atom stereocenters. The molecule has 0 saturated carbocycles. The lowest BCUT2D eigenvalue weighted by atomic mass is 10.2. The second kappa shape index (κ2) is 7.04. The maximum absolute atomic E-state index is 10.5. The van der Waals surface area contributed by atoms with Crippen molar-refractivity contribution in [2.24, 2.45) is 5.10 Å². The van der Waals surface area contributed by atoms with E-state index in [-0.39, 0.29) is 5.69 Å². The first kappa shape index (κ1) is 14.5. The molecule has 0 aliphatic carbocycles. The van der Waals surface area contributed by atoms with Gasteiger partial charge in [0.2, 0.25) is 0 Å². The molecule has 6 heteroatoms. The third-order valence-corrected chi connectivity index (χ3v) is 2.87. The topological polar surface area (TPSA) is 76.8 Å². The minimum Gasteiger partial charge on any atom is -0.496 e. The van der Waals surface area contributed by atoms with Crippen LogP contribution in [0.25, 0.3) is 0 Å². The van der Waals surface area contributed by atoms with E-state index in [1.807, 2.05) is 24.3 Å². The van der Waals surface area contributed by atoms with Crippen LogP contribution in [-0.2, 0) is 6.54 Å². The Bertz CT molecular complexity index is 639. The van der Waals surface area contributed by atoms with Crippen LogP contribution < -0.4 is 10.2 Å². The Morgan fingerprint density at radius 2 is 1.95 bits per heavy atom. The molecule has 0 radical (unpaired) electrons. The summed E-state index contributed by atoms with van der Waals surface area (Å²) in [5.74, 6) is 0.801. The first-order valence-corrected chi connectivity index (χ1v) is 6.33. The molecule has 0 saturated heterocycles. The zero-order valence-corrected chi connectivity index (χ0v) is 11.5. The minimum atomic E-state index is -0.430. The molecule has 0 atom stereocenters. The predicted molar refractivity (Wildman–Crippen MR) is 80.5 cm³/mol. The van der Waals surface area contributed by atoms with Crippen LogP contribution in [0.4, 0.5) is 5.69 Å². The Morgan fingerprint density at radius 1 is 1.24 bits per heavy atom. The van der Waals surface area contributed by atoms with Crippen molar-refractivity contribution < 1.29 is 9.66 Å². The lowest BCUT2D eigenvalue weighted by Crippen LogP contribution is -2.06. The van der Waals surface area contributed by atoms with Gasteiger partial charge in [-0.2, -0.15) is 5.10 Å². The lowest BCUT2D eigenvalue weighted by Gasteiger charge is -2.07. The molecule has 0 amide bonds. The number of non-ortho nitro benzene ring substituents is 1. The monoisotopic (exact) mass is 285 g/mol. The molecule has 0 fully saturated rings. The number of rotatable bonds is 6. The molecule has 0 bridgehead atoms. The van der Waals surface area contributed by atoms with Gasteiger partial charge in [0.15, 0.2) is 0 Å². The summed E-state index contributed by atoms with van der Waals surface area (Å²) in [6.45, 7) is 0.535. The first-order valence-electron chi connectivity index (χ1n) is 6.33. The highest BCUT2D eigenvalue weighted by Crippen LogP contribution is 2.16. The number of para-hydroxylation sites is 1. The number of nitrogens with one attached hydrogen (secondary N) is 1. The summed E-state index contributed by atoms with van der Waals surface area (Å²) in [5, 5.41) is 14.6. The molecule has 0 heterocycles. The van der Waals surface area contributed by atoms with Crippen LogP contribution in [0.5, 0.6) is 5.75 Å². The number of hydrazone groups is 1. The molecule has 2 rings (SSSR count). The number of ether oxygens (including phenoxy) is 1. The fraction of sp³-hybridized carbons (Fsp3) is 0.133. The second-order valence-corrected chi connectivity index (χ2v) is 4.25. The summed E-state index contributed by atoms with van der Waals surface area (Å²) in [6, 6.07) is 13.9. The van der Waals surface area contributed by atoms with E-state index in [0.717, 1.165) is 16.9 Å². The van der Waals surface area contributed by atoms with Gasteiger partial charge in [0.05, 0.1) is 24.8 Å². The van der Waals surface area contributed by atoms with E-state index in [2.05, 4.69) is 10.5 Å². The van der Waals surface area contributed by atoms with Gasteiger partial charge in [0.1, 0.15) is 5.75 Å². The van der Waals surface area contributed by atoms with Gasteiger partial charge in [0, 0.05) is 17.7 Å². The second-order valence-electron chi connectivity index (χ2n) is 4.25. The van der Waals surface area contributed by atoms with Gasteiger partial charge in [-0.1, -0.05) is 18.2 Å². The van der Waals surface area contributed by atoms with E-state index < -0.39 is 4.92 Å². The van der Waals surface area contributed by atoms with Gasteiger partial charge < -0.3 is 10.2 Å². The van der Waals surface area contributed by atoms with Crippen LogP contribution in [0, 0.1) is 10.1 Å². The van der Waals surface area contributed by atoms with Crippen molar-refractivity contribution in [1.29, 1.82) is 0 Å². The quantitative estimate of drug-likeness (QED) is 0.503. The molecule has 108 valence electrons. The molecule has 0 aliphatic heterocycles. The number of hydrogen-bond donors (Lipinski definition) is 1. The first-order chi connectivity index (χ1) is 10.2. The molecular formula is C15H15N3O3. The van der Waals surface area contributed by atoms with Crippen molar-refractivity contribution in [2.45, 2.75) is 6.54 Å². The highest BCUT2D eigenvalue weighted by molar-refractivity contribution is 5.79. The van der Waals surface area contributed by atoms with Crippen LogP contribution in [0.1, 0.15) is 11.1 Å². The number of nitro groups is 1. The van der Waals surface area contributed by atoms with Gasteiger partial charge >= 0.3 is 0 Å². The Balaban J connectivity index is 1.92. The Labute approximate surface area is 122 Å². The average molecular weight is 285 g/mol. The number of benzene rings is 2. The van der Waals surface area contributed by atoms with Crippen molar-refractivity contribution in [3.05, 3.63) is 69.8 Å². The highest BCUT2D eigenvalue weighted by Gasteiger charge is 2.02. The van der Waals surface area contributed by atoms with Crippen molar-refractivity contribution in [3.63, 3.8) is 0 Å². The van der Waals surface area contributed by atoms with Gasteiger partial charge in [-0.25, -0.2) is 0 Å². The number of nitrogens with zero attached hydrogens (tertiary/aromatic N) is 2. The fourth-order valence-corrected chi connectivity index (χ4v) is 1.78. The summed E-state index contributed by atoms with van der Waals surface area (Å²) in [4.78, 5) is 10.1. The van der Waals surface area contributed by atoms with Crippen LogP contribution in [-0.4, -0.2) is 18.2 Å². The van der Waals surface area contributed by atoms with Gasteiger partial charge in [-0.15, -0.1) is 0 Å². The van der Waals surface area contributed by atoms with Crippen LogP contribution >= 0.6 is 0 Å². The number of methoxy groups -OCH3 is 1. The Hall–Kier alpha value is -2.89. The van der Waals surface area contributed by atoms with Crippen molar-refractivity contribution >= 4 is 11.9 Å². The summed E-state index contributed by atoms with van der Waals surface area (Å²) in [5.41, 5.74) is 4.77. The summed E-state index contributed by atoms with van der Waals surface area (Å²) in [7, 11) is 1.62. The van der Waals surface area contributed by atoms with Crippen LogP contribution in [0.15, 0.2) is 53.6 Å². The smallest absolute Gasteiger partial charge is 0.269 e. The third kappa shape index (κ3) is 4.04. The van der Waals surface area contributed by atoms with E-state index in [9.17, 15) is 10.1 Å². The van der Waals surface area contributed by atoms with Crippen LogP contribution in [0.2, 0.25) is 0 Å². The molecule has 2 aromatic carbocycles. The van der Waals surface area contributed by atoms with Crippen LogP contribution in [0.3, 0.4) is 0 Å². The van der Waals surface area contributed by atoms with E-state index in [0.29, 0.717) is 6.54 Å². The molecular weight excluding hydrogens is 270 g/mol. The van der Waals surface area contributed by atoms with E-state index in [1.165, 1.54) is 12.1 Å². The molecule has 0 spiro atoms. The average Bonchev–Trinajstić information content (AvgIpc) is 2.52. The summed E-state index contributed by atoms with van der Waals surface area (Å²) >= 11 is 0. The Kier molecular flexibility index (Phi) is 4.87. The normalized spacial score (nSPS) is 10.5. The number of nitro benzene ring substituents is 1. The van der Waals surface area contributed by atoms with Gasteiger partial charge in [-0.3, -0.25) is 10.1 Å². The molecule has 0 aliphatic rings. The molecule has 2 aromatic rings. The molecule has 0 aromatic heterocycles. The standard InChI is InChI=1S/C15H15N3O3/c1-21-15-5-3-2-4-13(15)11-17-16-10-12-6-8-14(9-7-12)18(19)20/h2-10,17H,11H2,1H3/b16-10+. The van der Waals surface area contributed by atoms with E-state index in [4.69, 9.17) is 4.74 Å². The lowest BCUT2D eigenvalue weighted by molar-refractivity contribution is -0.384. The molecule has 1 N–H and O–H groups in total.